The Kier molecular flexibility index (Phi) is 7.51. The van der Waals surface area contributed by atoms with E-state index in [1.807, 2.05) is 6.92 Å². The first kappa shape index (κ1) is 18.0. The number of rotatable bonds is 7. The van der Waals surface area contributed by atoms with Gasteiger partial charge in [0.1, 0.15) is 12.4 Å². The van der Waals surface area contributed by atoms with Gasteiger partial charge in [-0.1, -0.05) is 0 Å². The van der Waals surface area contributed by atoms with Crippen molar-refractivity contribution in [2.75, 3.05) is 19.8 Å². The molecule has 0 radical (unpaired) electrons. The monoisotopic (exact) mass is 407 g/mol. The van der Waals surface area contributed by atoms with Crippen LogP contribution in [0.3, 0.4) is 0 Å². The Morgan fingerprint density at radius 2 is 1.70 bits per heavy atom. The van der Waals surface area contributed by atoms with E-state index >= 15 is 0 Å². The summed E-state index contributed by atoms with van der Waals surface area (Å²) in [5, 5.41) is 3.47. The Bertz CT molecular complexity index is 407. The van der Waals surface area contributed by atoms with Gasteiger partial charge < -0.3 is 14.8 Å². The highest BCUT2D eigenvalue weighted by Gasteiger charge is 2.12. The summed E-state index contributed by atoms with van der Waals surface area (Å²) >= 11 is 7.13. The number of ether oxygens (including phenoxy) is 2. The zero-order chi connectivity index (χ0) is 15.2. The molecule has 0 bridgehead atoms. The number of halogens is 2. The standard InChI is InChI=1S/C15H23Br2NO2/c1-5-19-6-7-20-14-12(16)8-11(9-13(14)17)10-18-15(2,3)4/h8-9,18H,5-7,10H2,1-4H3. The van der Waals surface area contributed by atoms with Crippen LogP contribution in [-0.4, -0.2) is 25.4 Å². The van der Waals surface area contributed by atoms with Crippen LogP contribution < -0.4 is 10.1 Å². The first-order valence-corrected chi connectivity index (χ1v) is 8.35. The molecule has 3 nitrogen and oxygen atoms in total. The predicted molar refractivity (Wildman–Crippen MR) is 90.4 cm³/mol. The molecular weight excluding hydrogens is 386 g/mol. The number of hydrogen-bond donors (Lipinski definition) is 1. The van der Waals surface area contributed by atoms with Gasteiger partial charge in [0, 0.05) is 18.7 Å². The second kappa shape index (κ2) is 8.37. The third kappa shape index (κ3) is 6.57. The Balaban J connectivity index is 2.66. The summed E-state index contributed by atoms with van der Waals surface area (Å²) in [6.07, 6.45) is 0. The van der Waals surface area contributed by atoms with Gasteiger partial charge in [-0.15, -0.1) is 0 Å². The summed E-state index contributed by atoms with van der Waals surface area (Å²) in [6.45, 7) is 11.1. The lowest BCUT2D eigenvalue weighted by Gasteiger charge is -2.21. The normalized spacial score (nSPS) is 11.7. The zero-order valence-corrected chi connectivity index (χ0v) is 15.7. The SMILES string of the molecule is CCOCCOc1c(Br)cc(CNC(C)(C)C)cc1Br. The van der Waals surface area contributed by atoms with Crippen LogP contribution in [0, 0.1) is 0 Å². The summed E-state index contributed by atoms with van der Waals surface area (Å²) in [5.74, 6) is 0.823. The van der Waals surface area contributed by atoms with Crippen LogP contribution in [0.5, 0.6) is 5.75 Å². The fourth-order valence-corrected chi connectivity index (χ4v) is 3.08. The molecule has 1 rings (SSSR count). The van der Waals surface area contributed by atoms with Crippen molar-refractivity contribution in [1.82, 2.24) is 5.32 Å². The Morgan fingerprint density at radius 1 is 1.10 bits per heavy atom. The predicted octanol–water partition coefficient (Wildman–Crippen LogP) is 4.52. The van der Waals surface area contributed by atoms with Gasteiger partial charge in [0.25, 0.3) is 0 Å². The van der Waals surface area contributed by atoms with Crippen LogP contribution in [0.2, 0.25) is 0 Å². The molecule has 0 heterocycles. The minimum atomic E-state index is 0.103. The molecule has 0 aromatic heterocycles. The molecule has 0 aliphatic rings. The maximum atomic E-state index is 5.73. The third-order valence-corrected chi connectivity index (χ3v) is 3.74. The fourth-order valence-electron chi connectivity index (χ4n) is 1.57. The van der Waals surface area contributed by atoms with Gasteiger partial charge >= 0.3 is 0 Å². The molecule has 0 aliphatic heterocycles. The topological polar surface area (TPSA) is 30.5 Å². The molecule has 1 N–H and O–H groups in total. The molecule has 1 aromatic carbocycles. The van der Waals surface area contributed by atoms with Gasteiger partial charge in [-0.25, -0.2) is 0 Å². The van der Waals surface area contributed by atoms with Crippen LogP contribution in [0.25, 0.3) is 0 Å². The van der Waals surface area contributed by atoms with Gasteiger partial charge in [-0.3, -0.25) is 0 Å². The minimum absolute atomic E-state index is 0.103. The minimum Gasteiger partial charge on any atom is -0.489 e. The molecule has 5 heteroatoms. The van der Waals surface area contributed by atoms with Crippen LogP contribution in [0.15, 0.2) is 21.1 Å². The number of benzene rings is 1. The number of hydrogen-bond acceptors (Lipinski definition) is 3. The van der Waals surface area contributed by atoms with Crippen molar-refractivity contribution in [2.45, 2.75) is 39.8 Å². The lowest BCUT2D eigenvalue weighted by Crippen LogP contribution is -2.35. The molecule has 0 amide bonds. The van der Waals surface area contributed by atoms with E-state index in [9.17, 15) is 0 Å². The zero-order valence-electron chi connectivity index (χ0n) is 12.6. The van der Waals surface area contributed by atoms with Crippen molar-refractivity contribution in [1.29, 1.82) is 0 Å². The van der Waals surface area contributed by atoms with Gasteiger partial charge in [-0.05, 0) is 77.3 Å². The molecule has 0 saturated heterocycles. The third-order valence-electron chi connectivity index (χ3n) is 2.56. The van der Waals surface area contributed by atoms with E-state index in [4.69, 9.17) is 9.47 Å². The molecule has 0 spiro atoms. The van der Waals surface area contributed by atoms with Crippen molar-refractivity contribution in [3.63, 3.8) is 0 Å². The van der Waals surface area contributed by atoms with E-state index in [0.717, 1.165) is 21.2 Å². The molecular formula is C15H23Br2NO2. The van der Waals surface area contributed by atoms with Crippen molar-refractivity contribution in [3.8, 4) is 5.75 Å². The van der Waals surface area contributed by atoms with E-state index in [0.29, 0.717) is 19.8 Å². The van der Waals surface area contributed by atoms with Crippen LogP contribution >= 0.6 is 31.9 Å². The molecule has 0 saturated carbocycles. The molecule has 0 aliphatic carbocycles. The van der Waals surface area contributed by atoms with Crippen molar-refractivity contribution < 1.29 is 9.47 Å². The Morgan fingerprint density at radius 3 is 2.20 bits per heavy atom. The van der Waals surface area contributed by atoms with Gasteiger partial charge in [0.15, 0.2) is 0 Å². The highest BCUT2D eigenvalue weighted by Crippen LogP contribution is 2.34. The molecule has 20 heavy (non-hydrogen) atoms. The second-order valence-corrected chi connectivity index (χ2v) is 7.25. The van der Waals surface area contributed by atoms with E-state index < -0.39 is 0 Å². The van der Waals surface area contributed by atoms with Crippen molar-refractivity contribution in [2.24, 2.45) is 0 Å². The average Bonchev–Trinajstić information content (AvgIpc) is 2.34. The van der Waals surface area contributed by atoms with E-state index in [-0.39, 0.29) is 5.54 Å². The van der Waals surface area contributed by atoms with Gasteiger partial charge in [0.2, 0.25) is 0 Å². The number of nitrogens with one attached hydrogen (secondary N) is 1. The first-order chi connectivity index (χ1) is 9.33. The Hall–Kier alpha value is -0.100. The van der Waals surface area contributed by atoms with Gasteiger partial charge in [-0.2, -0.15) is 0 Å². The lowest BCUT2D eigenvalue weighted by molar-refractivity contribution is 0.109. The van der Waals surface area contributed by atoms with Crippen LogP contribution in [0.4, 0.5) is 0 Å². The molecule has 0 fully saturated rings. The highest BCUT2D eigenvalue weighted by molar-refractivity contribution is 9.11. The second-order valence-electron chi connectivity index (χ2n) is 5.54. The first-order valence-electron chi connectivity index (χ1n) is 6.77. The molecule has 0 unspecified atom stereocenters. The van der Waals surface area contributed by atoms with E-state index in [1.54, 1.807) is 0 Å². The van der Waals surface area contributed by atoms with Crippen LogP contribution in [-0.2, 0) is 11.3 Å². The highest BCUT2D eigenvalue weighted by atomic mass is 79.9. The summed E-state index contributed by atoms with van der Waals surface area (Å²) in [5.41, 5.74) is 1.31. The van der Waals surface area contributed by atoms with Crippen molar-refractivity contribution in [3.05, 3.63) is 26.6 Å². The molecule has 0 atom stereocenters. The summed E-state index contributed by atoms with van der Waals surface area (Å²) in [6, 6.07) is 4.17. The Labute approximate surface area is 138 Å². The molecule has 114 valence electrons. The van der Waals surface area contributed by atoms with E-state index in [1.165, 1.54) is 5.56 Å². The largest absolute Gasteiger partial charge is 0.489 e. The quantitative estimate of drug-likeness (QED) is 0.673. The lowest BCUT2D eigenvalue weighted by atomic mass is 10.1. The molecule has 1 aromatic rings. The van der Waals surface area contributed by atoms with Crippen molar-refractivity contribution >= 4 is 31.9 Å². The maximum absolute atomic E-state index is 5.73. The average molecular weight is 409 g/mol. The van der Waals surface area contributed by atoms with Gasteiger partial charge in [0.05, 0.1) is 15.6 Å². The van der Waals surface area contributed by atoms with Crippen LogP contribution in [0.1, 0.15) is 33.3 Å². The smallest absolute Gasteiger partial charge is 0.147 e. The summed E-state index contributed by atoms with van der Waals surface area (Å²) in [7, 11) is 0. The summed E-state index contributed by atoms with van der Waals surface area (Å²) in [4.78, 5) is 0. The maximum Gasteiger partial charge on any atom is 0.147 e. The summed E-state index contributed by atoms with van der Waals surface area (Å²) < 4.78 is 12.9. The van der Waals surface area contributed by atoms with E-state index in [2.05, 4.69) is 70.1 Å². The fraction of sp³-hybridized carbons (Fsp3) is 0.600.